The Morgan fingerprint density at radius 2 is 1.31 bits per heavy atom. The molecule has 0 aromatic heterocycles. The molecule has 268 valence electrons. The Balaban J connectivity index is 1.55. The molecular weight excluding hydrogens is 767 g/mol. The maximum absolute atomic E-state index is 12.6. The van der Waals surface area contributed by atoms with Gasteiger partial charge in [-0.25, -0.2) is 10.5 Å². The number of rotatable bonds is 12. The van der Waals surface area contributed by atoms with Crippen LogP contribution in [0.3, 0.4) is 0 Å². The van der Waals surface area contributed by atoms with Gasteiger partial charge in [-0.05, 0) is 58.6 Å². The molecule has 0 heterocycles. The van der Waals surface area contributed by atoms with Crippen molar-refractivity contribution in [3.8, 4) is 5.75 Å². The van der Waals surface area contributed by atoms with E-state index in [0.717, 1.165) is 23.6 Å². The summed E-state index contributed by atoms with van der Waals surface area (Å²) in [5.74, 6) is -0.688. The van der Waals surface area contributed by atoms with E-state index in [-0.39, 0.29) is 37.3 Å². The molecule has 0 radical (unpaired) electrons. The van der Waals surface area contributed by atoms with Crippen LogP contribution in [-0.4, -0.2) is 41.6 Å². The Labute approximate surface area is 300 Å². The van der Waals surface area contributed by atoms with Gasteiger partial charge in [0.2, 0.25) is 0 Å². The number of phenolic OH excluding ortho intramolecular Hbond substituents is 1. The van der Waals surface area contributed by atoms with Gasteiger partial charge in [0.05, 0.1) is 56.3 Å². The zero-order valence-electron chi connectivity index (χ0n) is 25.6. The molecule has 0 unspecified atom stereocenters. The lowest BCUT2D eigenvalue weighted by molar-refractivity contribution is -0.432. The van der Waals surface area contributed by atoms with Gasteiger partial charge in [-0.3, -0.25) is 9.11 Å². The molecule has 6 aromatic carbocycles. The molecule has 0 amide bonds. The van der Waals surface area contributed by atoms with Crippen molar-refractivity contribution < 1.29 is 60.3 Å². The molecule has 0 atom stereocenters. The maximum Gasteiger partial charge on any atom is 0.296 e. The van der Waals surface area contributed by atoms with Crippen molar-refractivity contribution in [3.05, 3.63) is 84.9 Å². The van der Waals surface area contributed by atoms with Gasteiger partial charge in [-0.15, -0.1) is 29.1 Å². The molecule has 52 heavy (non-hydrogen) atoms. The minimum atomic E-state index is -4.99. The summed E-state index contributed by atoms with van der Waals surface area (Å²) < 4.78 is 77.4. The monoisotopic (exact) mass is 787 g/mol. The molecule has 0 bridgehead atoms. The predicted octanol–water partition coefficient (Wildman–Crippen LogP) is 8.61. The molecule has 0 aliphatic heterocycles. The molecule has 6 aromatic rings. The highest BCUT2D eigenvalue weighted by molar-refractivity contribution is 7.95. The Morgan fingerprint density at radius 3 is 2.04 bits per heavy atom. The smallest absolute Gasteiger partial charge is 0.296 e. The van der Waals surface area contributed by atoms with E-state index in [2.05, 4.69) is 39.2 Å². The van der Waals surface area contributed by atoms with Gasteiger partial charge in [0.25, 0.3) is 20.2 Å². The number of nitrogen functional groups attached to an aromatic ring is 1. The first kappa shape index (κ1) is 37.0. The summed E-state index contributed by atoms with van der Waals surface area (Å²) in [4.78, 5) is -1.09. The number of anilines is 1. The minimum absolute atomic E-state index is 0.0393. The van der Waals surface area contributed by atoms with Crippen LogP contribution in [0.2, 0.25) is 0 Å². The van der Waals surface area contributed by atoms with Crippen LogP contribution in [0.1, 0.15) is 0 Å². The molecule has 0 aliphatic rings. The third-order valence-electron chi connectivity index (χ3n) is 7.36. The fourth-order valence-corrected chi connectivity index (χ4v) is 7.30. The number of nitrogens with zero attached hydrogens (tertiary/aromatic N) is 4. The van der Waals surface area contributed by atoms with E-state index < -0.39 is 47.2 Å². The largest absolute Gasteiger partial charge is 0.505 e. The summed E-state index contributed by atoms with van der Waals surface area (Å²) in [5, 5.41) is 54.8. The van der Waals surface area contributed by atoms with Crippen LogP contribution in [0.25, 0.3) is 32.3 Å². The third-order valence-corrected chi connectivity index (χ3v) is 10.3. The molecule has 0 spiro atoms. The highest BCUT2D eigenvalue weighted by Crippen LogP contribution is 2.50. The second-order valence-electron chi connectivity index (χ2n) is 10.4. The summed E-state index contributed by atoms with van der Waals surface area (Å²) in [7, 11) is -9.59. The first-order chi connectivity index (χ1) is 24.8. The SMILES string of the molecule is Nc1c(N=Nc2cccc3ccccc23)c(S(=O)(=O)O)cc2cc(SOOO)c(N=Nc3cc(SOOO)cc4cc(S(=O)(=O)O)ccc34)c(O)c12. The van der Waals surface area contributed by atoms with Crippen LogP contribution >= 0.6 is 24.1 Å². The van der Waals surface area contributed by atoms with Crippen LogP contribution in [-0.2, 0) is 39.0 Å². The summed E-state index contributed by atoms with van der Waals surface area (Å²) in [6, 6.07) is 21.0. The molecule has 0 aliphatic carbocycles. The quantitative estimate of drug-likeness (QED) is 0.0169. The summed E-state index contributed by atoms with van der Waals surface area (Å²) in [6.07, 6.45) is 0. The van der Waals surface area contributed by atoms with Crippen molar-refractivity contribution in [3.63, 3.8) is 0 Å². The number of nitrogens with two attached hydrogens (primary N) is 1. The number of hydrogen-bond acceptors (Lipinski definition) is 18. The van der Waals surface area contributed by atoms with E-state index in [1.165, 1.54) is 24.3 Å². The lowest BCUT2D eigenvalue weighted by atomic mass is 10.0. The molecule has 0 fully saturated rings. The van der Waals surface area contributed by atoms with E-state index in [0.29, 0.717) is 40.5 Å². The third kappa shape index (κ3) is 7.68. The molecular formula is C30H21N5O13S4. The van der Waals surface area contributed by atoms with Crippen LogP contribution in [0.15, 0.2) is 125 Å². The van der Waals surface area contributed by atoms with Crippen molar-refractivity contribution in [2.24, 2.45) is 20.5 Å². The zero-order chi connectivity index (χ0) is 37.2. The van der Waals surface area contributed by atoms with Gasteiger partial charge in [0.1, 0.15) is 16.3 Å². The van der Waals surface area contributed by atoms with Crippen molar-refractivity contribution in [1.29, 1.82) is 0 Å². The number of phenols is 1. The lowest BCUT2D eigenvalue weighted by Crippen LogP contribution is -2.02. The first-order valence-electron chi connectivity index (χ1n) is 14.1. The molecule has 22 heteroatoms. The highest BCUT2D eigenvalue weighted by atomic mass is 32.2. The van der Waals surface area contributed by atoms with E-state index in [4.69, 9.17) is 16.2 Å². The van der Waals surface area contributed by atoms with Crippen molar-refractivity contribution in [2.75, 3.05) is 5.73 Å². The normalized spacial score (nSPS) is 12.6. The first-order valence-corrected chi connectivity index (χ1v) is 18.4. The average Bonchev–Trinajstić information content (AvgIpc) is 3.10. The minimum Gasteiger partial charge on any atom is -0.505 e. The highest BCUT2D eigenvalue weighted by Gasteiger charge is 2.26. The number of fused-ring (bicyclic) bond motifs is 3. The van der Waals surface area contributed by atoms with E-state index >= 15 is 0 Å². The fraction of sp³-hybridized carbons (Fsp3) is 0. The van der Waals surface area contributed by atoms with Crippen LogP contribution in [0.5, 0.6) is 5.75 Å². The lowest BCUT2D eigenvalue weighted by Gasteiger charge is -2.14. The van der Waals surface area contributed by atoms with Gasteiger partial charge in [-0.2, -0.15) is 16.8 Å². The van der Waals surface area contributed by atoms with E-state index in [9.17, 15) is 31.0 Å². The Hall–Kier alpha value is -4.82. The number of azo groups is 2. The van der Waals surface area contributed by atoms with Crippen LogP contribution in [0.4, 0.5) is 28.4 Å². The molecule has 0 saturated carbocycles. The predicted molar refractivity (Wildman–Crippen MR) is 187 cm³/mol. The van der Waals surface area contributed by atoms with E-state index in [1.54, 1.807) is 24.3 Å². The van der Waals surface area contributed by atoms with Gasteiger partial charge in [0.15, 0.2) is 5.75 Å². The fourth-order valence-electron chi connectivity index (χ4n) is 5.17. The second-order valence-corrected chi connectivity index (χ2v) is 14.8. The number of aromatic hydroxyl groups is 1. The summed E-state index contributed by atoms with van der Waals surface area (Å²) >= 11 is 0.827. The topological polar surface area (TPSA) is 282 Å². The summed E-state index contributed by atoms with van der Waals surface area (Å²) in [6.45, 7) is 0. The molecule has 7 N–H and O–H groups in total. The van der Waals surface area contributed by atoms with Crippen molar-refractivity contribution in [1.82, 2.24) is 0 Å². The molecule has 0 saturated heterocycles. The van der Waals surface area contributed by atoms with Crippen molar-refractivity contribution >= 4 is 105 Å². The Kier molecular flexibility index (Phi) is 10.7. The Bertz CT molecular complexity index is 2650. The Morgan fingerprint density at radius 1 is 0.635 bits per heavy atom. The van der Waals surface area contributed by atoms with Crippen molar-refractivity contribution in [2.45, 2.75) is 19.6 Å². The average molecular weight is 788 g/mol. The number of benzene rings is 6. The van der Waals surface area contributed by atoms with Crippen LogP contribution < -0.4 is 5.73 Å². The molecule has 18 nitrogen and oxygen atoms in total. The standard InChI is InChI=1S/C30H21N5O13S4/c31-27-26-17(13-25(52(42,43)44)29(27)35-32-22-7-3-5-15-4-1-2-6-20(15)22)12-24(50-48-46-38)28(30(26)36)34-33-23-14-18(49-47-45-37)10-16-11-19(51(39,40)41)8-9-21(16)23/h1-14,36-38H,31H2,(H,39,40,41)(H,42,43,44). The summed E-state index contributed by atoms with van der Waals surface area (Å²) in [5.41, 5.74) is 5.52. The maximum atomic E-state index is 12.6. The zero-order valence-corrected chi connectivity index (χ0v) is 28.9. The number of hydrogen-bond donors (Lipinski definition) is 6. The molecule has 6 rings (SSSR count). The second kappa shape index (κ2) is 15.0. The van der Waals surface area contributed by atoms with Gasteiger partial charge < -0.3 is 10.8 Å². The van der Waals surface area contributed by atoms with E-state index in [1.807, 2.05) is 18.2 Å². The van der Waals surface area contributed by atoms with Gasteiger partial charge >= 0.3 is 0 Å². The van der Waals surface area contributed by atoms with Crippen LogP contribution in [0, 0.1) is 0 Å². The van der Waals surface area contributed by atoms with Gasteiger partial charge in [-0.1, -0.05) is 52.5 Å². The van der Waals surface area contributed by atoms with Gasteiger partial charge in [0, 0.05) is 15.7 Å².